The highest BCUT2D eigenvalue weighted by atomic mass is 35.5. The predicted octanol–water partition coefficient (Wildman–Crippen LogP) is 4.14. The van der Waals surface area contributed by atoms with Crippen LogP contribution in [-0.2, 0) is 0 Å². The molecule has 0 amide bonds. The van der Waals surface area contributed by atoms with Crippen LogP contribution in [0.5, 0.6) is 0 Å². The van der Waals surface area contributed by atoms with E-state index >= 15 is 0 Å². The Morgan fingerprint density at radius 2 is 1.53 bits per heavy atom. The Bertz CT molecular complexity index is 228. The Kier molecular flexibility index (Phi) is 4.09. The summed E-state index contributed by atoms with van der Waals surface area (Å²) in [6, 6.07) is 0.487. The summed E-state index contributed by atoms with van der Waals surface area (Å²) < 4.78 is 0. The Morgan fingerprint density at radius 3 is 1.94 bits per heavy atom. The van der Waals surface area contributed by atoms with E-state index in [-0.39, 0.29) is 12.4 Å². The molecule has 4 bridgehead atoms. The van der Waals surface area contributed by atoms with Crippen LogP contribution in [0.2, 0.25) is 0 Å². The third kappa shape index (κ3) is 2.66. The lowest BCUT2D eigenvalue weighted by Crippen LogP contribution is -2.48. The minimum atomic E-state index is 0. The van der Waals surface area contributed by atoms with Gasteiger partial charge in [0, 0.05) is 6.04 Å². The SMILES string of the molecule is CCCC(N)CC12CC3CC(CC(C3)C1)C2.Cl. The van der Waals surface area contributed by atoms with Crippen molar-refractivity contribution in [3.05, 3.63) is 0 Å². The maximum absolute atomic E-state index is 6.31. The first-order chi connectivity index (χ1) is 7.69. The van der Waals surface area contributed by atoms with Gasteiger partial charge in [0.05, 0.1) is 0 Å². The number of rotatable bonds is 4. The third-order valence-electron chi connectivity index (χ3n) is 5.52. The van der Waals surface area contributed by atoms with E-state index in [4.69, 9.17) is 5.73 Å². The first-order valence-corrected chi connectivity index (χ1v) is 7.45. The normalized spacial score (nSPS) is 44.5. The molecule has 4 fully saturated rings. The van der Waals surface area contributed by atoms with Gasteiger partial charge in [-0.2, -0.15) is 0 Å². The second kappa shape index (κ2) is 5.09. The van der Waals surface area contributed by atoms with Crippen LogP contribution in [0.15, 0.2) is 0 Å². The van der Waals surface area contributed by atoms with Crippen molar-refractivity contribution in [2.24, 2.45) is 28.9 Å². The summed E-state index contributed by atoms with van der Waals surface area (Å²) in [6.07, 6.45) is 13.1. The van der Waals surface area contributed by atoms with E-state index in [1.54, 1.807) is 19.3 Å². The van der Waals surface area contributed by atoms with Gasteiger partial charge in [0.1, 0.15) is 0 Å². The summed E-state index contributed by atoms with van der Waals surface area (Å²) in [5, 5.41) is 0. The first kappa shape index (κ1) is 13.7. The van der Waals surface area contributed by atoms with Gasteiger partial charge in [-0.05, 0) is 74.5 Å². The minimum absolute atomic E-state index is 0. The van der Waals surface area contributed by atoms with Gasteiger partial charge < -0.3 is 5.73 Å². The molecular weight excluding hydrogens is 230 g/mol. The topological polar surface area (TPSA) is 26.0 Å². The van der Waals surface area contributed by atoms with Crippen molar-refractivity contribution >= 4 is 12.4 Å². The lowest BCUT2D eigenvalue weighted by Gasteiger charge is -2.57. The first-order valence-electron chi connectivity index (χ1n) is 7.45. The average Bonchev–Trinajstić information content (AvgIpc) is 2.13. The molecule has 4 aliphatic carbocycles. The second-order valence-electron chi connectivity index (χ2n) is 7.17. The van der Waals surface area contributed by atoms with Crippen LogP contribution in [0.25, 0.3) is 0 Å². The van der Waals surface area contributed by atoms with Crippen molar-refractivity contribution in [3.8, 4) is 0 Å². The fourth-order valence-corrected chi connectivity index (χ4v) is 5.57. The predicted molar refractivity (Wildman–Crippen MR) is 75.4 cm³/mol. The van der Waals surface area contributed by atoms with Crippen molar-refractivity contribution in [2.75, 3.05) is 0 Å². The summed E-state index contributed by atoms with van der Waals surface area (Å²) >= 11 is 0. The van der Waals surface area contributed by atoms with Gasteiger partial charge in [-0.25, -0.2) is 0 Å². The number of halogens is 1. The summed E-state index contributed by atoms with van der Waals surface area (Å²) in [5.74, 6) is 3.25. The van der Waals surface area contributed by atoms with Gasteiger partial charge in [0.25, 0.3) is 0 Å². The van der Waals surface area contributed by atoms with Gasteiger partial charge in [0.2, 0.25) is 0 Å². The standard InChI is InChI=1S/C15H27N.ClH/c1-2-3-14(16)10-15-7-11-4-12(8-15)6-13(5-11)9-15;/h11-14H,2-10,16H2,1H3;1H. The van der Waals surface area contributed by atoms with Gasteiger partial charge >= 0.3 is 0 Å². The molecule has 1 nitrogen and oxygen atoms in total. The molecule has 1 unspecified atom stereocenters. The molecule has 2 heteroatoms. The zero-order valence-electron chi connectivity index (χ0n) is 11.2. The maximum Gasteiger partial charge on any atom is 0.00440 e. The van der Waals surface area contributed by atoms with Crippen LogP contribution in [0.3, 0.4) is 0 Å². The van der Waals surface area contributed by atoms with E-state index < -0.39 is 0 Å². The molecule has 17 heavy (non-hydrogen) atoms. The zero-order valence-corrected chi connectivity index (χ0v) is 12.0. The largest absolute Gasteiger partial charge is 0.328 e. The molecule has 0 spiro atoms. The highest BCUT2D eigenvalue weighted by Gasteiger charge is 2.50. The van der Waals surface area contributed by atoms with Gasteiger partial charge in [-0.15, -0.1) is 12.4 Å². The molecule has 4 aliphatic rings. The molecule has 4 saturated carbocycles. The van der Waals surface area contributed by atoms with E-state index in [0.717, 1.165) is 17.8 Å². The average molecular weight is 258 g/mol. The highest BCUT2D eigenvalue weighted by molar-refractivity contribution is 5.85. The highest BCUT2D eigenvalue weighted by Crippen LogP contribution is 2.61. The summed E-state index contributed by atoms with van der Waals surface area (Å²) in [6.45, 7) is 2.26. The fraction of sp³-hybridized carbons (Fsp3) is 1.00. The van der Waals surface area contributed by atoms with Crippen LogP contribution in [0.1, 0.15) is 64.7 Å². The molecule has 1 atom stereocenters. The van der Waals surface area contributed by atoms with Gasteiger partial charge in [-0.3, -0.25) is 0 Å². The van der Waals surface area contributed by atoms with Crippen LogP contribution >= 0.6 is 12.4 Å². The van der Waals surface area contributed by atoms with Crippen LogP contribution in [0, 0.1) is 23.2 Å². The molecule has 4 rings (SSSR count). The smallest absolute Gasteiger partial charge is 0.00440 e. The molecule has 2 N–H and O–H groups in total. The molecule has 100 valence electrons. The van der Waals surface area contributed by atoms with Crippen molar-refractivity contribution in [1.29, 1.82) is 0 Å². The Hall–Kier alpha value is 0.250. The van der Waals surface area contributed by atoms with E-state index in [9.17, 15) is 0 Å². The Morgan fingerprint density at radius 1 is 1.06 bits per heavy atom. The zero-order chi connectivity index (χ0) is 11.2. The quantitative estimate of drug-likeness (QED) is 0.805. The lowest BCUT2D eigenvalue weighted by atomic mass is 9.48. The third-order valence-corrected chi connectivity index (χ3v) is 5.52. The molecule has 0 aliphatic heterocycles. The molecule has 0 radical (unpaired) electrons. The van der Waals surface area contributed by atoms with Crippen molar-refractivity contribution in [1.82, 2.24) is 0 Å². The molecule has 0 aromatic rings. The van der Waals surface area contributed by atoms with Crippen LogP contribution in [0.4, 0.5) is 0 Å². The molecule has 0 heterocycles. The molecule has 0 aromatic heterocycles. The lowest BCUT2D eigenvalue weighted by molar-refractivity contribution is -0.0606. The summed E-state index contributed by atoms with van der Waals surface area (Å²) in [7, 11) is 0. The van der Waals surface area contributed by atoms with Crippen molar-refractivity contribution in [3.63, 3.8) is 0 Å². The second-order valence-corrected chi connectivity index (χ2v) is 7.17. The van der Waals surface area contributed by atoms with Crippen molar-refractivity contribution in [2.45, 2.75) is 70.8 Å². The van der Waals surface area contributed by atoms with Crippen LogP contribution in [-0.4, -0.2) is 6.04 Å². The summed E-state index contributed by atoms with van der Waals surface area (Å²) in [4.78, 5) is 0. The molecule has 0 saturated heterocycles. The Balaban J connectivity index is 0.00000108. The van der Waals surface area contributed by atoms with E-state index in [1.807, 2.05) is 0 Å². The Labute approximate surface area is 112 Å². The number of hydrogen-bond donors (Lipinski definition) is 1. The van der Waals surface area contributed by atoms with Crippen LogP contribution < -0.4 is 5.73 Å². The monoisotopic (exact) mass is 257 g/mol. The fourth-order valence-electron chi connectivity index (χ4n) is 5.57. The van der Waals surface area contributed by atoms with E-state index in [0.29, 0.717) is 11.5 Å². The molecular formula is C15H28ClN. The van der Waals surface area contributed by atoms with Crippen molar-refractivity contribution < 1.29 is 0 Å². The minimum Gasteiger partial charge on any atom is -0.328 e. The van der Waals surface area contributed by atoms with E-state index in [2.05, 4.69) is 6.92 Å². The van der Waals surface area contributed by atoms with E-state index in [1.165, 1.54) is 38.5 Å². The number of nitrogens with two attached hydrogens (primary N) is 1. The number of hydrogen-bond acceptors (Lipinski definition) is 1. The van der Waals surface area contributed by atoms with Gasteiger partial charge in [0.15, 0.2) is 0 Å². The summed E-state index contributed by atoms with van der Waals surface area (Å²) in [5.41, 5.74) is 7.00. The van der Waals surface area contributed by atoms with Gasteiger partial charge in [-0.1, -0.05) is 13.3 Å². The molecule has 0 aromatic carbocycles. The maximum atomic E-state index is 6.31.